The molecule has 162 valence electrons. The molecule has 31 heavy (non-hydrogen) atoms. The standard InChI is InChI=1S/C23H25ClN4O2S/c1-14(2)25-21(29)19(11-16-7-5-4-6-8-16)26-22(30)20-13-31-23(28-20)27-18-12-17(24)10-9-15(18)3/h4-10,12-14,19H,11H2,1-3H3,(H,25,29)(H,26,30)(H,27,28). The number of carbonyl (C=O) groups excluding carboxylic acids is 2. The van der Waals surface area contributed by atoms with Crippen LogP contribution in [0.5, 0.6) is 0 Å². The zero-order valence-corrected chi connectivity index (χ0v) is 19.2. The van der Waals surface area contributed by atoms with Crippen molar-refractivity contribution in [1.29, 1.82) is 0 Å². The van der Waals surface area contributed by atoms with Gasteiger partial charge in [-0.2, -0.15) is 0 Å². The number of hydrogen-bond donors (Lipinski definition) is 3. The van der Waals surface area contributed by atoms with Gasteiger partial charge in [0.1, 0.15) is 11.7 Å². The van der Waals surface area contributed by atoms with E-state index in [9.17, 15) is 9.59 Å². The molecule has 0 saturated carbocycles. The van der Waals surface area contributed by atoms with E-state index in [1.165, 1.54) is 11.3 Å². The van der Waals surface area contributed by atoms with Gasteiger partial charge in [-0.3, -0.25) is 9.59 Å². The SMILES string of the molecule is Cc1ccc(Cl)cc1Nc1nc(C(=O)NC(Cc2ccccc2)C(=O)NC(C)C)cs1. The predicted molar refractivity (Wildman–Crippen MR) is 126 cm³/mol. The number of rotatable bonds is 8. The highest BCUT2D eigenvalue weighted by Gasteiger charge is 2.23. The van der Waals surface area contributed by atoms with Crippen LogP contribution < -0.4 is 16.0 Å². The number of nitrogens with one attached hydrogen (secondary N) is 3. The lowest BCUT2D eigenvalue weighted by molar-refractivity contribution is -0.123. The number of hydrogen-bond acceptors (Lipinski definition) is 5. The van der Waals surface area contributed by atoms with Gasteiger partial charge < -0.3 is 16.0 Å². The molecule has 6 nitrogen and oxygen atoms in total. The van der Waals surface area contributed by atoms with E-state index in [2.05, 4.69) is 20.9 Å². The molecule has 8 heteroatoms. The Morgan fingerprint density at radius 2 is 1.84 bits per heavy atom. The fourth-order valence-corrected chi connectivity index (χ4v) is 3.83. The predicted octanol–water partition coefficient (Wildman–Crippen LogP) is 4.71. The van der Waals surface area contributed by atoms with Gasteiger partial charge in [0.25, 0.3) is 5.91 Å². The first-order chi connectivity index (χ1) is 14.8. The van der Waals surface area contributed by atoms with E-state index >= 15 is 0 Å². The summed E-state index contributed by atoms with van der Waals surface area (Å²) in [5.74, 6) is -0.623. The Morgan fingerprint density at radius 3 is 2.55 bits per heavy atom. The van der Waals surface area contributed by atoms with Crippen molar-refractivity contribution < 1.29 is 9.59 Å². The quantitative estimate of drug-likeness (QED) is 0.458. The molecule has 0 aliphatic rings. The van der Waals surface area contributed by atoms with Gasteiger partial charge in [0.05, 0.1) is 0 Å². The smallest absolute Gasteiger partial charge is 0.271 e. The maximum atomic E-state index is 12.8. The van der Waals surface area contributed by atoms with E-state index in [4.69, 9.17) is 11.6 Å². The summed E-state index contributed by atoms with van der Waals surface area (Å²) in [5.41, 5.74) is 3.05. The second-order valence-electron chi connectivity index (χ2n) is 7.50. The number of amides is 2. The van der Waals surface area contributed by atoms with Crippen molar-refractivity contribution in [3.05, 3.63) is 75.8 Å². The third kappa shape index (κ3) is 6.54. The van der Waals surface area contributed by atoms with Gasteiger partial charge in [-0.05, 0) is 44.0 Å². The Labute approximate surface area is 191 Å². The van der Waals surface area contributed by atoms with Gasteiger partial charge in [0, 0.05) is 28.6 Å². The molecule has 0 aliphatic heterocycles. The number of aryl methyl sites for hydroxylation is 1. The fourth-order valence-electron chi connectivity index (χ4n) is 2.96. The van der Waals surface area contributed by atoms with E-state index in [0.29, 0.717) is 16.6 Å². The number of halogens is 1. The van der Waals surface area contributed by atoms with Crippen LogP contribution in [0.25, 0.3) is 0 Å². The number of benzene rings is 2. The summed E-state index contributed by atoms with van der Waals surface area (Å²) in [6, 6.07) is 14.4. The molecule has 1 unspecified atom stereocenters. The van der Waals surface area contributed by atoms with E-state index < -0.39 is 11.9 Å². The molecule has 1 heterocycles. The van der Waals surface area contributed by atoms with Crippen LogP contribution in [0, 0.1) is 6.92 Å². The second kappa shape index (κ2) is 10.4. The van der Waals surface area contributed by atoms with E-state index in [1.54, 1.807) is 5.38 Å². The fraction of sp³-hybridized carbons (Fsp3) is 0.261. The molecule has 2 amide bonds. The summed E-state index contributed by atoms with van der Waals surface area (Å²) in [4.78, 5) is 29.9. The molecule has 1 aromatic heterocycles. The average molecular weight is 457 g/mol. The lowest BCUT2D eigenvalue weighted by atomic mass is 10.0. The molecule has 3 aromatic rings. The Balaban J connectivity index is 1.72. The van der Waals surface area contributed by atoms with Crippen LogP contribution >= 0.6 is 22.9 Å². The second-order valence-corrected chi connectivity index (χ2v) is 8.80. The van der Waals surface area contributed by atoms with Crippen molar-refractivity contribution in [3.8, 4) is 0 Å². The van der Waals surface area contributed by atoms with E-state index in [0.717, 1.165) is 16.8 Å². The summed E-state index contributed by atoms with van der Waals surface area (Å²) >= 11 is 7.38. The maximum Gasteiger partial charge on any atom is 0.271 e. The Morgan fingerprint density at radius 1 is 1.10 bits per heavy atom. The normalized spacial score (nSPS) is 11.8. The average Bonchev–Trinajstić information content (AvgIpc) is 3.19. The minimum Gasteiger partial charge on any atom is -0.352 e. The Kier molecular flexibility index (Phi) is 7.65. The molecule has 0 radical (unpaired) electrons. The van der Waals surface area contributed by atoms with Gasteiger partial charge in [-0.25, -0.2) is 4.98 Å². The minimum absolute atomic E-state index is 0.0290. The van der Waals surface area contributed by atoms with Gasteiger partial charge in [0.2, 0.25) is 5.91 Å². The number of nitrogens with zero attached hydrogens (tertiary/aromatic N) is 1. The first-order valence-electron chi connectivity index (χ1n) is 9.95. The molecule has 0 fully saturated rings. The molecule has 0 saturated heterocycles. The highest BCUT2D eigenvalue weighted by atomic mass is 35.5. The van der Waals surface area contributed by atoms with Crippen LogP contribution in [0.15, 0.2) is 53.9 Å². The van der Waals surface area contributed by atoms with Crippen molar-refractivity contribution in [2.45, 2.75) is 39.3 Å². The molecule has 3 rings (SSSR count). The summed E-state index contributed by atoms with van der Waals surface area (Å²) in [6.07, 6.45) is 0.391. The van der Waals surface area contributed by atoms with Crippen molar-refractivity contribution in [3.63, 3.8) is 0 Å². The zero-order valence-electron chi connectivity index (χ0n) is 17.6. The van der Waals surface area contributed by atoms with Gasteiger partial charge in [0.15, 0.2) is 5.13 Å². The van der Waals surface area contributed by atoms with Gasteiger partial charge in [-0.1, -0.05) is 48.0 Å². The number of thiazole rings is 1. The summed E-state index contributed by atoms with van der Waals surface area (Å²) in [7, 11) is 0. The van der Waals surface area contributed by atoms with Gasteiger partial charge in [-0.15, -0.1) is 11.3 Å². The number of anilines is 2. The lowest BCUT2D eigenvalue weighted by Crippen LogP contribution is -2.49. The molecule has 1 atom stereocenters. The summed E-state index contributed by atoms with van der Waals surface area (Å²) in [6.45, 7) is 5.73. The van der Waals surface area contributed by atoms with Crippen LogP contribution in [0.2, 0.25) is 5.02 Å². The Hall–Kier alpha value is -2.90. The summed E-state index contributed by atoms with van der Waals surface area (Å²) < 4.78 is 0. The van der Waals surface area contributed by atoms with Crippen LogP contribution in [-0.2, 0) is 11.2 Å². The van der Waals surface area contributed by atoms with Crippen molar-refractivity contribution in [2.24, 2.45) is 0 Å². The summed E-state index contributed by atoms with van der Waals surface area (Å²) in [5, 5.41) is 11.7. The highest BCUT2D eigenvalue weighted by Crippen LogP contribution is 2.26. The monoisotopic (exact) mass is 456 g/mol. The highest BCUT2D eigenvalue weighted by molar-refractivity contribution is 7.14. The third-order valence-electron chi connectivity index (χ3n) is 4.51. The number of carbonyl (C=O) groups is 2. The van der Waals surface area contributed by atoms with Gasteiger partial charge >= 0.3 is 0 Å². The zero-order chi connectivity index (χ0) is 22.4. The number of aromatic nitrogens is 1. The van der Waals surface area contributed by atoms with Crippen molar-refractivity contribution in [2.75, 3.05) is 5.32 Å². The van der Waals surface area contributed by atoms with Crippen molar-refractivity contribution >= 4 is 45.6 Å². The van der Waals surface area contributed by atoms with E-state index in [-0.39, 0.29) is 17.6 Å². The molecule has 0 spiro atoms. The molecule has 2 aromatic carbocycles. The van der Waals surface area contributed by atoms with Crippen LogP contribution in [0.3, 0.4) is 0 Å². The first-order valence-corrected chi connectivity index (χ1v) is 11.2. The molecule has 0 aliphatic carbocycles. The molecular formula is C23H25ClN4O2S. The topological polar surface area (TPSA) is 83.1 Å². The maximum absolute atomic E-state index is 12.8. The third-order valence-corrected chi connectivity index (χ3v) is 5.51. The van der Waals surface area contributed by atoms with Crippen LogP contribution in [0.1, 0.15) is 35.5 Å². The van der Waals surface area contributed by atoms with Crippen LogP contribution in [0.4, 0.5) is 10.8 Å². The lowest BCUT2D eigenvalue weighted by Gasteiger charge is -2.19. The minimum atomic E-state index is -0.703. The van der Waals surface area contributed by atoms with Crippen molar-refractivity contribution in [1.82, 2.24) is 15.6 Å². The first kappa shape index (κ1) is 22.8. The van der Waals surface area contributed by atoms with E-state index in [1.807, 2.05) is 69.3 Å². The molecule has 3 N–H and O–H groups in total. The molecule has 0 bridgehead atoms. The molecular weight excluding hydrogens is 432 g/mol. The Bertz CT molecular complexity index is 1050. The van der Waals surface area contributed by atoms with Crippen LogP contribution in [-0.4, -0.2) is 28.9 Å². The largest absolute Gasteiger partial charge is 0.352 e.